The van der Waals surface area contributed by atoms with Gasteiger partial charge in [0.2, 0.25) is 0 Å². The first-order chi connectivity index (χ1) is 12.6. The van der Waals surface area contributed by atoms with Crippen LogP contribution in [0.25, 0.3) is 21.1 Å². The molecule has 0 bridgehead atoms. The third-order valence-corrected chi connectivity index (χ3v) is 6.10. The third-order valence-electron chi connectivity index (χ3n) is 5.00. The highest BCUT2D eigenvalue weighted by atomic mass is 32.1. The Morgan fingerprint density at radius 3 is 2.92 bits per heavy atom. The standard InChI is InChI=1S/C21H17N3OS/c1-12-6-7-14-11-15-18(22)19(26-20(15)23-16(14)10-12)21(25)24-9-8-13-4-2-3-5-17(13)24/h2-7,10-11H,8-9,22H2,1H3. The first-order valence-corrected chi connectivity index (χ1v) is 9.42. The highest BCUT2D eigenvalue weighted by Crippen LogP contribution is 2.37. The molecule has 0 fully saturated rings. The van der Waals surface area contributed by atoms with Gasteiger partial charge in [-0.05, 0) is 42.7 Å². The average Bonchev–Trinajstić information content (AvgIpc) is 3.21. The normalized spacial score (nSPS) is 13.5. The summed E-state index contributed by atoms with van der Waals surface area (Å²) in [6.07, 6.45) is 0.883. The molecule has 0 radical (unpaired) electrons. The third kappa shape index (κ3) is 2.21. The van der Waals surface area contributed by atoms with Crippen molar-refractivity contribution in [3.05, 3.63) is 64.5 Å². The molecule has 0 saturated heterocycles. The highest BCUT2D eigenvalue weighted by molar-refractivity contribution is 7.21. The van der Waals surface area contributed by atoms with Gasteiger partial charge in [-0.3, -0.25) is 4.79 Å². The van der Waals surface area contributed by atoms with Gasteiger partial charge in [0.25, 0.3) is 5.91 Å². The zero-order valence-electron chi connectivity index (χ0n) is 14.3. The molecular weight excluding hydrogens is 342 g/mol. The van der Waals surface area contributed by atoms with Crippen LogP contribution in [0.15, 0.2) is 48.5 Å². The lowest BCUT2D eigenvalue weighted by molar-refractivity contribution is 0.0994. The monoisotopic (exact) mass is 359 g/mol. The van der Waals surface area contributed by atoms with E-state index in [-0.39, 0.29) is 5.91 Å². The van der Waals surface area contributed by atoms with Crippen molar-refractivity contribution >= 4 is 49.7 Å². The summed E-state index contributed by atoms with van der Waals surface area (Å²) in [4.78, 5) is 21.1. The number of hydrogen-bond acceptors (Lipinski definition) is 4. The van der Waals surface area contributed by atoms with E-state index < -0.39 is 0 Å². The van der Waals surface area contributed by atoms with Crippen molar-refractivity contribution in [3.63, 3.8) is 0 Å². The second-order valence-corrected chi connectivity index (χ2v) is 7.72. The number of nitrogens with zero attached hydrogens (tertiary/aromatic N) is 2. The minimum absolute atomic E-state index is 0.0318. The Morgan fingerprint density at radius 2 is 2.04 bits per heavy atom. The lowest BCUT2D eigenvalue weighted by atomic mass is 10.1. The molecule has 2 aromatic carbocycles. The van der Waals surface area contributed by atoms with Crippen LogP contribution < -0.4 is 10.6 Å². The molecule has 0 saturated carbocycles. The summed E-state index contributed by atoms with van der Waals surface area (Å²) < 4.78 is 0. The number of nitrogens with two attached hydrogens (primary N) is 1. The summed E-state index contributed by atoms with van der Waals surface area (Å²) in [5.74, 6) is -0.0318. The molecule has 4 aromatic rings. The van der Waals surface area contributed by atoms with Gasteiger partial charge in [-0.1, -0.05) is 30.3 Å². The molecule has 5 heteroatoms. The fourth-order valence-electron chi connectivity index (χ4n) is 3.63. The fraction of sp³-hybridized carbons (Fsp3) is 0.143. The quantitative estimate of drug-likeness (QED) is 0.543. The van der Waals surface area contributed by atoms with E-state index in [1.165, 1.54) is 22.5 Å². The summed E-state index contributed by atoms with van der Waals surface area (Å²) in [6, 6.07) is 16.3. The van der Waals surface area contributed by atoms with Gasteiger partial charge in [0, 0.05) is 23.0 Å². The predicted octanol–water partition coefficient (Wildman–Crippen LogP) is 4.54. The Balaban J connectivity index is 1.64. The molecule has 2 aromatic heterocycles. The number of fused-ring (bicyclic) bond motifs is 3. The molecule has 1 aliphatic heterocycles. The fourth-order valence-corrected chi connectivity index (χ4v) is 4.67. The first-order valence-electron chi connectivity index (χ1n) is 8.61. The van der Waals surface area contributed by atoms with Crippen molar-refractivity contribution in [3.8, 4) is 0 Å². The SMILES string of the molecule is Cc1ccc2cc3c(N)c(C(=O)N4CCc5ccccc54)sc3nc2c1. The molecule has 1 aliphatic rings. The Morgan fingerprint density at radius 1 is 1.19 bits per heavy atom. The zero-order chi connectivity index (χ0) is 17.8. The summed E-state index contributed by atoms with van der Waals surface area (Å²) in [6.45, 7) is 2.74. The molecule has 0 atom stereocenters. The van der Waals surface area contributed by atoms with E-state index in [0.717, 1.165) is 33.2 Å². The minimum Gasteiger partial charge on any atom is -0.397 e. The highest BCUT2D eigenvalue weighted by Gasteiger charge is 2.28. The number of carbonyl (C=O) groups is 1. The van der Waals surface area contributed by atoms with Crippen LogP contribution in [0.3, 0.4) is 0 Å². The molecule has 0 aliphatic carbocycles. The van der Waals surface area contributed by atoms with Gasteiger partial charge in [-0.25, -0.2) is 4.98 Å². The first kappa shape index (κ1) is 15.3. The van der Waals surface area contributed by atoms with Gasteiger partial charge in [0.15, 0.2) is 0 Å². The molecule has 1 amide bonds. The van der Waals surface area contributed by atoms with Gasteiger partial charge in [-0.2, -0.15) is 0 Å². The Labute approximate surface area is 154 Å². The number of thiophene rings is 1. The van der Waals surface area contributed by atoms with Crippen molar-refractivity contribution in [1.29, 1.82) is 0 Å². The van der Waals surface area contributed by atoms with Gasteiger partial charge in [0.05, 0.1) is 11.2 Å². The molecule has 3 heterocycles. The predicted molar refractivity (Wildman–Crippen MR) is 108 cm³/mol. The Hall–Kier alpha value is -2.92. The van der Waals surface area contributed by atoms with E-state index >= 15 is 0 Å². The van der Waals surface area contributed by atoms with Crippen molar-refractivity contribution < 1.29 is 4.79 Å². The molecule has 5 rings (SSSR count). The van der Waals surface area contributed by atoms with Crippen LogP contribution in [0.1, 0.15) is 20.8 Å². The molecule has 26 heavy (non-hydrogen) atoms. The number of aromatic nitrogens is 1. The Kier molecular flexibility index (Phi) is 3.27. The van der Waals surface area contributed by atoms with E-state index in [2.05, 4.69) is 18.2 Å². The number of amides is 1. The second kappa shape index (κ2) is 5.54. The smallest absolute Gasteiger partial charge is 0.270 e. The molecule has 0 spiro atoms. The van der Waals surface area contributed by atoms with Crippen molar-refractivity contribution in [2.75, 3.05) is 17.2 Å². The van der Waals surface area contributed by atoms with Crippen LogP contribution in [0, 0.1) is 6.92 Å². The second-order valence-electron chi connectivity index (χ2n) is 6.72. The number of anilines is 2. The molecular formula is C21H17N3OS. The summed E-state index contributed by atoms with van der Waals surface area (Å²) in [5, 5.41) is 1.90. The summed E-state index contributed by atoms with van der Waals surface area (Å²) in [7, 11) is 0. The minimum atomic E-state index is -0.0318. The molecule has 0 unspecified atom stereocenters. The number of hydrogen-bond donors (Lipinski definition) is 1. The maximum atomic E-state index is 13.2. The number of pyridine rings is 1. The summed E-state index contributed by atoms with van der Waals surface area (Å²) >= 11 is 1.39. The maximum Gasteiger partial charge on any atom is 0.270 e. The van der Waals surface area contributed by atoms with E-state index in [1.807, 2.05) is 42.2 Å². The van der Waals surface area contributed by atoms with Crippen LogP contribution in [0.4, 0.5) is 11.4 Å². The van der Waals surface area contributed by atoms with Crippen LogP contribution in [-0.4, -0.2) is 17.4 Å². The van der Waals surface area contributed by atoms with Crippen LogP contribution in [0.2, 0.25) is 0 Å². The lowest BCUT2D eigenvalue weighted by Crippen LogP contribution is -2.28. The lowest BCUT2D eigenvalue weighted by Gasteiger charge is -2.16. The zero-order valence-corrected chi connectivity index (χ0v) is 15.1. The topological polar surface area (TPSA) is 59.2 Å². The number of para-hydroxylation sites is 1. The number of aryl methyl sites for hydroxylation is 1. The van der Waals surface area contributed by atoms with Gasteiger partial charge < -0.3 is 10.6 Å². The van der Waals surface area contributed by atoms with E-state index in [4.69, 9.17) is 10.7 Å². The largest absolute Gasteiger partial charge is 0.397 e. The van der Waals surface area contributed by atoms with Crippen LogP contribution in [0.5, 0.6) is 0 Å². The van der Waals surface area contributed by atoms with Crippen LogP contribution >= 0.6 is 11.3 Å². The van der Waals surface area contributed by atoms with Gasteiger partial charge in [-0.15, -0.1) is 11.3 Å². The number of carbonyl (C=O) groups excluding carboxylic acids is 1. The summed E-state index contributed by atoms with van der Waals surface area (Å²) in [5.41, 5.74) is 11.2. The van der Waals surface area contributed by atoms with Crippen molar-refractivity contribution in [2.24, 2.45) is 0 Å². The maximum absolute atomic E-state index is 13.2. The van der Waals surface area contributed by atoms with Gasteiger partial charge in [0.1, 0.15) is 9.71 Å². The Bertz CT molecular complexity index is 1190. The van der Waals surface area contributed by atoms with Crippen LogP contribution in [-0.2, 0) is 6.42 Å². The van der Waals surface area contributed by atoms with E-state index in [9.17, 15) is 4.79 Å². The number of nitrogen functional groups attached to an aromatic ring is 1. The van der Waals surface area contributed by atoms with Gasteiger partial charge >= 0.3 is 0 Å². The molecule has 2 N–H and O–H groups in total. The molecule has 128 valence electrons. The number of rotatable bonds is 1. The average molecular weight is 359 g/mol. The van der Waals surface area contributed by atoms with E-state index in [0.29, 0.717) is 17.1 Å². The number of benzene rings is 2. The molecule has 4 nitrogen and oxygen atoms in total. The van der Waals surface area contributed by atoms with Crippen molar-refractivity contribution in [1.82, 2.24) is 4.98 Å². The van der Waals surface area contributed by atoms with E-state index in [1.54, 1.807) is 0 Å². The van der Waals surface area contributed by atoms with Crippen molar-refractivity contribution in [2.45, 2.75) is 13.3 Å².